The fraction of sp³-hybridized carbons (Fsp3) is 0.400. The fourth-order valence-electron chi connectivity index (χ4n) is 1.01. The number of aliphatic hydroxyl groups is 1. The predicted molar refractivity (Wildman–Crippen MR) is 54.5 cm³/mol. The molecule has 15 heavy (non-hydrogen) atoms. The van der Waals surface area contributed by atoms with Crippen LogP contribution in [0.2, 0.25) is 0 Å². The molecule has 0 aromatic heterocycles. The summed E-state index contributed by atoms with van der Waals surface area (Å²) in [6.07, 6.45) is -4.67. The zero-order chi connectivity index (χ0) is 11.4. The molecule has 1 aromatic carbocycles. The molecule has 0 saturated heterocycles. The monoisotopic (exact) mass is 234 g/mol. The van der Waals surface area contributed by atoms with Crippen LogP contribution in [0.1, 0.15) is 5.56 Å². The van der Waals surface area contributed by atoms with E-state index in [1.807, 2.05) is 6.92 Å². The molecule has 0 radical (unpaired) electrons. The second-order valence-electron chi connectivity index (χ2n) is 3.23. The third kappa shape index (κ3) is 3.68. The van der Waals surface area contributed by atoms with Gasteiger partial charge >= 0.3 is 0 Å². The standard InChI is InChI=1S/C10H12F2O2S/c1-7-2-4-8(5-3-7)15(14)6-9(13)10(11)12/h2-5,9-10,13H,6H2,1H3/t9-,15+/m0/s1. The summed E-state index contributed by atoms with van der Waals surface area (Å²) in [5.74, 6) is -0.430. The van der Waals surface area contributed by atoms with Gasteiger partial charge in [-0.15, -0.1) is 0 Å². The van der Waals surface area contributed by atoms with Crippen molar-refractivity contribution >= 4 is 10.8 Å². The van der Waals surface area contributed by atoms with Gasteiger partial charge in [-0.2, -0.15) is 0 Å². The molecule has 0 aliphatic carbocycles. The van der Waals surface area contributed by atoms with Crippen molar-refractivity contribution in [3.05, 3.63) is 29.8 Å². The van der Waals surface area contributed by atoms with Gasteiger partial charge in [0.15, 0.2) is 0 Å². The van der Waals surface area contributed by atoms with Gasteiger partial charge in [0, 0.05) is 4.90 Å². The molecule has 0 unspecified atom stereocenters. The zero-order valence-electron chi connectivity index (χ0n) is 8.19. The lowest BCUT2D eigenvalue weighted by Gasteiger charge is -2.08. The van der Waals surface area contributed by atoms with E-state index in [1.165, 1.54) is 0 Å². The first-order chi connectivity index (χ1) is 7.00. The summed E-state index contributed by atoms with van der Waals surface area (Å²) in [5.41, 5.74) is 1.00. The Kier molecular flexibility index (Phi) is 4.35. The number of halogens is 2. The van der Waals surface area contributed by atoms with E-state index >= 15 is 0 Å². The van der Waals surface area contributed by atoms with Crippen LogP contribution >= 0.6 is 0 Å². The van der Waals surface area contributed by atoms with E-state index in [1.54, 1.807) is 24.3 Å². The highest BCUT2D eigenvalue weighted by Crippen LogP contribution is 2.11. The highest BCUT2D eigenvalue weighted by atomic mass is 32.2. The van der Waals surface area contributed by atoms with Crippen LogP contribution in [0.25, 0.3) is 0 Å². The van der Waals surface area contributed by atoms with Crippen molar-refractivity contribution in [2.24, 2.45) is 0 Å². The molecule has 0 spiro atoms. The van der Waals surface area contributed by atoms with E-state index in [4.69, 9.17) is 5.11 Å². The Balaban J connectivity index is 2.65. The number of benzene rings is 1. The zero-order valence-corrected chi connectivity index (χ0v) is 9.01. The number of aliphatic hydroxyl groups excluding tert-OH is 1. The van der Waals surface area contributed by atoms with Gasteiger partial charge in [-0.1, -0.05) is 17.7 Å². The van der Waals surface area contributed by atoms with E-state index in [2.05, 4.69) is 0 Å². The Labute approximate surface area is 89.4 Å². The van der Waals surface area contributed by atoms with Gasteiger partial charge in [0.05, 0.1) is 16.6 Å². The van der Waals surface area contributed by atoms with Crippen LogP contribution in [0.15, 0.2) is 29.2 Å². The summed E-state index contributed by atoms with van der Waals surface area (Å²) in [7, 11) is -1.57. The minimum Gasteiger partial charge on any atom is -0.386 e. The van der Waals surface area contributed by atoms with Crippen molar-refractivity contribution in [3.8, 4) is 0 Å². The highest BCUT2D eigenvalue weighted by molar-refractivity contribution is 7.85. The van der Waals surface area contributed by atoms with E-state index in [-0.39, 0.29) is 0 Å². The maximum Gasteiger partial charge on any atom is 0.264 e. The molecule has 2 atom stereocenters. The van der Waals surface area contributed by atoms with Crippen LogP contribution in [0, 0.1) is 6.92 Å². The third-order valence-corrected chi connectivity index (χ3v) is 3.34. The lowest BCUT2D eigenvalue weighted by atomic mass is 10.2. The van der Waals surface area contributed by atoms with Crippen molar-refractivity contribution < 1.29 is 18.1 Å². The van der Waals surface area contributed by atoms with Crippen molar-refractivity contribution in [1.82, 2.24) is 0 Å². The quantitative estimate of drug-likeness (QED) is 0.861. The molecule has 0 amide bonds. The van der Waals surface area contributed by atoms with E-state index in [0.29, 0.717) is 4.90 Å². The van der Waals surface area contributed by atoms with Crippen LogP contribution < -0.4 is 0 Å². The maximum absolute atomic E-state index is 12.0. The lowest BCUT2D eigenvalue weighted by Crippen LogP contribution is -2.24. The summed E-state index contributed by atoms with van der Waals surface area (Å²) < 4.78 is 35.5. The Morgan fingerprint density at radius 2 is 1.87 bits per heavy atom. The molecule has 1 rings (SSSR count). The number of hydrogen-bond acceptors (Lipinski definition) is 2. The topological polar surface area (TPSA) is 37.3 Å². The fourth-order valence-corrected chi connectivity index (χ4v) is 2.10. The number of alkyl halides is 2. The van der Waals surface area contributed by atoms with E-state index in [9.17, 15) is 13.0 Å². The molecule has 1 N–H and O–H groups in total. The molecule has 0 fully saturated rings. The van der Waals surface area contributed by atoms with Crippen LogP contribution in [0.5, 0.6) is 0 Å². The molecular weight excluding hydrogens is 222 g/mol. The Bertz CT molecular complexity index is 338. The molecule has 0 saturated carbocycles. The van der Waals surface area contributed by atoms with Crippen molar-refractivity contribution in [3.63, 3.8) is 0 Å². The summed E-state index contributed by atoms with van der Waals surface area (Å²) in [6.45, 7) is 1.88. The largest absolute Gasteiger partial charge is 0.386 e. The SMILES string of the molecule is Cc1ccc([S@](=O)C[C@H](O)C(F)F)cc1. The summed E-state index contributed by atoms with van der Waals surface area (Å²) in [4.78, 5) is 0.459. The third-order valence-electron chi connectivity index (χ3n) is 1.90. The van der Waals surface area contributed by atoms with Crippen molar-refractivity contribution in [1.29, 1.82) is 0 Å². The van der Waals surface area contributed by atoms with Crippen LogP contribution in [0.3, 0.4) is 0 Å². The average molecular weight is 234 g/mol. The minimum atomic E-state index is -2.85. The summed E-state index contributed by atoms with van der Waals surface area (Å²) >= 11 is 0. The van der Waals surface area contributed by atoms with Gasteiger partial charge in [0.1, 0.15) is 6.10 Å². The number of aryl methyl sites for hydroxylation is 1. The maximum atomic E-state index is 12.0. The molecule has 84 valence electrons. The first kappa shape index (κ1) is 12.3. The number of rotatable bonds is 4. The normalized spacial score (nSPS) is 15.3. The smallest absolute Gasteiger partial charge is 0.264 e. The highest BCUT2D eigenvalue weighted by Gasteiger charge is 2.20. The molecule has 5 heteroatoms. The van der Waals surface area contributed by atoms with Crippen LogP contribution in [0.4, 0.5) is 8.78 Å². The molecule has 0 bridgehead atoms. The molecule has 0 heterocycles. The Morgan fingerprint density at radius 3 is 2.33 bits per heavy atom. The van der Waals surface area contributed by atoms with E-state index in [0.717, 1.165) is 5.56 Å². The molecule has 2 nitrogen and oxygen atoms in total. The van der Waals surface area contributed by atoms with E-state index < -0.39 is 29.1 Å². The van der Waals surface area contributed by atoms with Crippen molar-refractivity contribution in [2.75, 3.05) is 5.75 Å². The van der Waals surface area contributed by atoms with Gasteiger partial charge in [-0.3, -0.25) is 4.21 Å². The van der Waals surface area contributed by atoms with Crippen LogP contribution in [-0.4, -0.2) is 27.6 Å². The predicted octanol–water partition coefficient (Wildman–Crippen LogP) is 1.73. The first-order valence-corrected chi connectivity index (χ1v) is 5.74. The van der Waals surface area contributed by atoms with Gasteiger partial charge in [-0.25, -0.2) is 8.78 Å². The van der Waals surface area contributed by atoms with Gasteiger partial charge in [0.25, 0.3) is 6.43 Å². The number of hydrogen-bond donors (Lipinski definition) is 1. The molecule has 0 aliphatic heterocycles. The van der Waals surface area contributed by atoms with Gasteiger partial charge < -0.3 is 5.11 Å². The average Bonchev–Trinajstić information content (AvgIpc) is 2.18. The second kappa shape index (κ2) is 5.32. The summed E-state index contributed by atoms with van der Waals surface area (Å²) in [5, 5.41) is 8.87. The first-order valence-electron chi connectivity index (χ1n) is 4.42. The molecular formula is C10H12F2O2S. The minimum absolute atomic E-state index is 0.430. The van der Waals surface area contributed by atoms with Gasteiger partial charge in [-0.05, 0) is 19.1 Å². The van der Waals surface area contributed by atoms with Gasteiger partial charge in [0.2, 0.25) is 0 Å². The summed E-state index contributed by atoms with van der Waals surface area (Å²) in [6, 6.07) is 6.73. The molecule has 0 aliphatic rings. The second-order valence-corrected chi connectivity index (χ2v) is 4.72. The lowest BCUT2D eigenvalue weighted by molar-refractivity contribution is 0.00958. The Morgan fingerprint density at radius 1 is 1.33 bits per heavy atom. The Hall–Kier alpha value is -0.810. The van der Waals surface area contributed by atoms with Crippen LogP contribution in [-0.2, 0) is 10.8 Å². The van der Waals surface area contributed by atoms with Crippen molar-refractivity contribution in [2.45, 2.75) is 24.3 Å². The molecule has 1 aromatic rings.